The molecule has 2 aromatic heterocycles. The molecule has 6 heteroatoms. The molecule has 0 bridgehead atoms. The Kier molecular flexibility index (Phi) is 4.91. The molecule has 0 amide bonds. The summed E-state index contributed by atoms with van der Waals surface area (Å²) >= 11 is 3.64. The number of hydrogen-bond acceptors (Lipinski definition) is 4. The highest BCUT2D eigenvalue weighted by Crippen LogP contribution is 2.27. The number of hydrogen-bond donors (Lipinski definition) is 2. The van der Waals surface area contributed by atoms with Gasteiger partial charge in [-0.2, -0.15) is 5.10 Å². The zero-order valence-corrected chi connectivity index (χ0v) is 13.6. The number of pyridine rings is 1. The van der Waals surface area contributed by atoms with Crippen molar-refractivity contribution in [2.75, 3.05) is 0 Å². The number of nitrogens with two attached hydrogens (primary N) is 1. The van der Waals surface area contributed by atoms with Crippen LogP contribution in [0.3, 0.4) is 0 Å². The third kappa shape index (κ3) is 2.92. The predicted molar refractivity (Wildman–Crippen MR) is 83.0 cm³/mol. The fraction of sp³-hybridized carbons (Fsp3) is 0.429. The van der Waals surface area contributed by atoms with Crippen molar-refractivity contribution in [1.29, 1.82) is 0 Å². The van der Waals surface area contributed by atoms with Crippen LogP contribution in [-0.2, 0) is 19.9 Å². The predicted octanol–water partition coefficient (Wildman–Crippen LogP) is 2.20. The van der Waals surface area contributed by atoms with Gasteiger partial charge in [-0.25, -0.2) is 0 Å². The molecule has 2 aromatic rings. The van der Waals surface area contributed by atoms with Gasteiger partial charge >= 0.3 is 0 Å². The first-order valence-electron chi connectivity index (χ1n) is 6.65. The van der Waals surface area contributed by atoms with Crippen molar-refractivity contribution in [2.24, 2.45) is 12.9 Å². The summed E-state index contributed by atoms with van der Waals surface area (Å²) in [5.74, 6) is 5.74. The first-order valence-corrected chi connectivity index (χ1v) is 7.44. The van der Waals surface area contributed by atoms with E-state index in [0.29, 0.717) is 0 Å². The van der Waals surface area contributed by atoms with Crippen LogP contribution in [0.5, 0.6) is 0 Å². The van der Waals surface area contributed by atoms with E-state index >= 15 is 0 Å². The van der Waals surface area contributed by atoms with Crippen molar-refractivity contribution in [3.05, 3.63) is 45.4 Å². The number of nitrogens with one attached hydrogen (secondary N) is 1. The first-order chi connectivity index (χ1) is 9.58. The monoisotopic (exact) mass is 337 g/mol. The average molecular weight is 338 g/mol. The van der Waals surface area contributed by atoms with Gasteiger partial charge in [0, 0.05) is 25.9 Å². The van der Waals surface area contributed by atoms with E-state index in [1.54, 1.807) is 6.20 Å². The van der Waals surface area contributed by atoms with Crippen molar-refractivity contribution in [3.63, 3.8) is 0 Å². The van der Waals surface area contributed by atoms with Crippen molar-refractivity contribution in [2.45, 2.75) is 32.7 Å². The van der Waals surface area contributed by atoms with E-state index in [4.69, 9.17) is 5.84 Å². The quantitative estimate of drug-likeness (QED) is 0.648. The highest BCUT2D eigenvalue weighted by atomic mass is 79.9. The van der Waals surface area contributed by atoms with Crippen molar-refractivity contribution >= 4 is 15.9 Å². The van der Waals surface area contributed by atoms with Gasteiger partial charge in [0.05, 0.1) is 21.9 Å². The Balaban J connectivity index is 2.32. The van der Waals surface area contributed by atoms with Crippen LogP contribution in [0.1, 0.15) is 35.5 Å². The Bertz CT molecular complexity index is 593. The minimum Gasteiger partial charge on any atom is -0.271 e. The molecule has 0 saturated carbocycles. The van der Waals surface area contributed by atoms with Crippen LogP contribution < -0.4 is 11.3 Å². The van der Waals surface area contributed by atoms with Gasteiger partial charge < -0.3 is 0 Å². The molecule has 108 valence electrons. The molecule has 1 unspecified atom stereocenters. The largest absolute Gasteiger partial charge is 0.271 e. The van der Waals surface area contributed by atoms with Gasteiger partial charge in [0.1, 0.15) is 0 Å². The maximum atomic E-state index is 5.74. The third-order valence-corrected chi connectivity index (χ3v) is 4.47. The summed E-state index contributed by atoms with van der Waals surface area (Å²) in [7, 11) is 1.96. The highest BCUT2D eigenvalue weighted by molar-refractivity contribution is 9.10. The number of rotatable bonds is 5. The molecule has 2 rings (SSSR count). The van der Waals surface area contributed by atoms with Crippen LogP contribution in [0.15, 0.2) is 22.9 Å². The van der Waals surface area contributed by atoms with E-state index in [-0.39, 0.29) is 6.04 Å². The van der Waals surface area contributed by atoms with E-state index in [1.165, 1.54) is 5.56 Å². The summed E-state index contributed by atoms with van der Waals surface area (Å²) in [4.78, 5) is 4.19. The summed E-state index contributed by atoms with van der Waals surface area (Å²) in [6, 6.07) is 2.01. The van der Waals surface area contributed by atoms with E-state index < -0.39 is 0 Å². The lowest BCUT2D eigenvalue weighted by molar-refractivity contribution is 0.525. The number of aromatic nitrogens is 3. The highest BCUT2D eigenvalue weighted by Gasteiger charge is 2.19. The molecule has 0 aliphatic heterocycles. The minimum absolute atomic E-state index is 0.0140. The summed E-state index contributed by atoms with van der Waals surface area (Å²) in [5.41, 5.74) is 7.38. The standard InChI is InChI=1S/C14H20BrN5/c1-4-11-14(15)13(20(3)19-11)7-12(18-16)10-8-17-6-5-9(10)2/h5-6,8,12,18H,4,7,16H2,1-3H3. The van der Waals surface area contributed by atoms with E-state index in [0.717, 1.165) is 34.3 Å². The molecule has 2 heterocycles. The average Bonchev–Trinajstić information content (AvgIpc) is 2.72. The molecule has 0 spiro atoms. The topological polar surface area (TPSA) is 68.8 Å². The normalized spacial score (nSPS) is 12.7. The number of nitrogens with zero attached hydrogens (tertiary/aromatic N) is 3. The second-order valence-corrected chi connectivity index (χ2v) is 5.63. The van der Waals surface area contributed by atoms with Gasteiger partial charge in [-0.05, 0) is 46.5 Å². The molecule has 3 N–H and O–H groups in total. The lowest BCUT2D eigenvalue weighted by Gasteiger charge is -2.18. The number of aryl methyl sites for hydroxylation is 3. The molecule has 0 aliphatic rings. The van der Waals surface area contributed by atoms with Gasteiger partial charge in [-0.15, -0.1) is 0 Å². The summed E-state index contributed by atoms with van der Waals surface area (Å²) < 4.78 is 2.99. The molecule has 0 fully saturated rings. The fourth-order valence-electron chi connectivity index (χ4n) is 2.33. The summed E-state index contributed by atoms with van der Waals surface area (Å²) in [6.07, 6.45) is 5.32. The third-order valence-electron chi connectivity index (χ3n) is 3.56. The molecule has 0 saturated heterocycles. The Hall–Kier alpha value is -1.24. The lowest BCUT2D eigenvalue weighted by Crippen LogP contribution is -2.30. The molecular formula is C14H20BrN5. The molecule has 5 nitrogen and oxygen atoms in total. The summed E-state index contributed by atoms with van der Waals surface area (Å²) in [6.45, 7) is 4.16. The van der Waals surface area contributed by atoms with Crippen LogP contribution >= 0.6 is 15.9 Å². The maximum absolute atomic E-state index is 5.74. The molecule has 0 aromatic carbocycles. The van der Waals surface area contributed by atoms with Crippen molar-refractivity contribution in [3.8, 4) is 0 Å². The van der Waals surface area contributed by atoms with Crippen LogP contribution in [-0.4, -0.2) is 14.8 Å². The van der Waals surface area contributed by atoms with Gasteiger partial charge in [0.25, 0.3) is 0 Å². The maximum Gasteiger partial charge on any atom is 0.0766 e. The molecular weight excluding hydrogens is 318 g/mol. The van der Waals surface area contributed by atoms with Gasteiger partial charge in [-0.3, -0.25) is 20.9 Å². The van der Waals surface area contributed by atoms with E-state index in [9.17, 15) is 0 Å². The fourth-order valence-corrected chi connectivity index (χ4v) is 3.11. The molecule has 1 atom stereocenters. The minimum atomic E-state index is 0.0140. The van der Waals surface area contributed by atoms with Crippen molar-refractivity contribution in [1.82, 2.24) is 20.2 Å². The first kappa shape index (κ1) is 15.2. The molecule has 0 aliphatic carbocycles. The Morgan fingerprint density at radius 2 is 2.25 bits per heavy atom. The van der Waals surface area contributed by atoms with Gasteiger partial charge in [-0.1, -0.05) is 6.92 Å². The van der Waals surface area contributed by atoms with E-state index in [1.807, 2.05) is 24.0 Å². The van der Waals surface area contributed by atoms with Crippen molar-refractivity contribution < 1.29 is 0 Å². The van der Waals surface area contributed by atoms with Crippen LogP contribution in [0.25, 0.3) is 0 Å². The van der Waals surface area contributed by atoms with Gasteiger partial charge in [0.15, 0.2) is 0 Å². The zero-order chi connectivity index (χ0) is 14.7. The van der Waals surface area contributed by atoms with Crippen LogP contribution in [0, 0.1) is 6.92 Å². The summed E-state index contributed by atoms with van der Waals surface area (Å²) in [5, 5.41) is 4.52. The Labute approximate surface area is 127 Å². The van der Waals surface area contributed by atoms with Crippen LogP contribution in [0.2, 0.25) is 0 Å². The lowest BCUT2D eigenvalue weighted by atomic mass is 10.00. The van der Waals surface area contributed by atoms with Crippen LogP contribution in [0.4, 0.5) is 0 Å². The SMILES string of the molecule is CCc1nn(C)c(CC(NN)c2cnccc2C)c1Br. The number of hydrazine groups is 1. The smallest absolute Gasteiger partial charge is 0.0766 e. The second-order valence-electron chi connectivity index (χ2n) is 4.84. The molecule has 20 heavy (non-hydrogen) atoms. The number of halogens is 1. The zero-order valence-electron chi connectivity index (χ0n) is 12.0. The Morgan fingerprint density at radius 1 is 1.50 bits per heavy atom. The Morgan fingerprint density at radius 3 is 2.80 bits per heavy atom. The second kappa shape index (κ2) is 6.47. The van der Waals surface area contributed by atoms with Gasteiger partial charge in [0.2, 0.25) is 0 Å². The van der Waals surface area contributed by atoms with E-state index in [2.05, 4.69) is 45.3 Å². The molecule has 0 radical (unpaired) electrons.